The van der Waals surface area contributed by atoms with Crippen molar-refractivity contribution in [3.8, 4) is 5.75 Å². The van der Waals surface area contributed by atoms with Gasteiger partial charge in [-0.05, 0) is 19.4 Å². The van der Waals surface area contributed by atoms with Crippen molar-refractivity contribution in [1.82, 2.24) is 0 Å². The Bertz CT molecular complexity index is 303. The molecule has 0 amide bonds. The van der Waals surface area contributed by atoms with Crippen LogP contribution < -0.4 is 15.8 Å². The predicted molar refractivity (Wildman–Crippen MR) is 62.2 cm³/mol. The number of nitrogen functional groups attached to an aromatic ring is 1. The average molecular weight is 210 g/mol. The Kier molecular flexibility index (Phi) is 4.77. The minimum Gasteiger partial charge on any atom is -0.494 e. The van der Waals surface area contributed by atoms with E-state index in [0.29, 0.717) is 12.3 Å². The van der Waals surface area contributed by atoms with E-state index in [-0.39, 0.29) is 6.61 Å². The molecule has 0 atom stereocenters. The Morgan fingerprint density at radius 2 is 2.20 bits per heavy atom. The zero-order valence-corrected chi connectivity index (χ0v) is 8.99. The van der Waals surface area contributed by atoms with Crippen LogP contribution in [0.5, 0.6) is 5.75 Å². The maximum Gasteiger partial charge on any atom is 0.123 e. The number of anilines is 2. The first kappa shape index (κ1) is 11.7. The minimum absolute atomic E-state index is 0.188. The van der Waals surface area contributed by atoms with E-state index in [9.17, 15) is 0 Å². The van der Waals surface area contributed by atoms with Crippen molar-refractivity contribution in [2.24, 2.45) is 0 Å². The van der Waals surface area contributed by atoms with E-state index in [1.54, 1.807) is 6.07 Å². The lowest BCUT2D eigenvalue weighted by Crippen LogP contribution is -2.04. The molecule has 84 valence electrons. The first-order valence-corrected chi connectivity index (χ1v) is 5.14. The standard InChI is InChI=1S/C11H18N2O2/c1-2-15-11-7-9(12)6-10(8-11)13-4-3-5-14/h6-8,13-14H,2-5,12H2,1H3. The Balaban J connectivity index is 2.62. The predicted octanol–water partition coefficient (Wildman–Crippen LogP) is 1.46. The van der Waals surface area contributed by atoms with Crippen LogP contribution in [0.1, 0.15) is 13.3 Å². The largest absolute Gasteiger partial charge is 0.494 e. The molecule has 0 aliphatic rings. The number of benzene rings is 1. The molecular formula is C11H18N2O2. The van der Waals surface area contributed by atoms with Crippen molar-refractivity contribution in [2.45, 2.75) is 13.3 Å². The van der Waals surface area contributed by atoms with E-state index < -0.39 is 0 Å². The summed E-state index contributed by atoms with van der Waals surface area (Å²) < 4.78 is 5.36. The first-order chi connectivity index (χ1) is 7.26. The van der Waals surface area contributed by atoms with Gasteiger partial charge in [-0.1, -0.05) is 0 Å². The van der Waals surface area contributed by atoms with Crippen LogP contribution in [0.2, 0.25) is 0 Å². The molecule has 1 aromatic rings. The molecule has 0 bridgehead atoms. The molecule has 0 saturated heterocycles. The summed E-state index contributed by atoms with van der Waals surface area (Å²) in [5.41, 5.74) is 7.32. The highest BCUT2D eigenvalue weighted by molar-refractivity contribution is 5.59. The number of hydrogen-bond acceptors (Lipinski definition) is 4. The summed E-state index contributed by atoms with van der Waals surface area (Å²) in [4.78, 5) is 0. The highest BCUT2D eigenvalue weighted by atomic mass is 16.5. The molecule has 0 aliphatic carbocycles. The van der Waals surface area contributed by atoms with Gasteiger partial charge in [0.1, 0.15) is 5.75 Å². The van der Waals surface area contributed by atoms with Crippen molar-refractivity contribution in [2.75, 3.05) is 30.8 Å². The number of nitrogens with one attached hydrogen (secondary N) is 1. The third-order valence-corrected chi connectivity index (χ3v) is 1.90. The van der Waals surface area contributed by atoms with E-state index in [0.717, 1.165) is 24.4 Å². The summed E-state index contributed by atoms with van der Waals surface area (Å²) in [7, 11) is 0. The lowest BCUT2D eigenvalue weighted by atomic mass is 10.2. The van der Waals surface area contributed by atoms with Gasteiger partial charge in [0.05, 0.1) is 6.61 Å². The summed E-state index contributed by atoms with van der Waals surface area (Å²) in [6.07, 6.45) is 0.721. The van der Waals surface area contributed by atoms with Gasteiger partial charge >= 0.3 is 0 Å². The topological polar surface area (TPSA) is 67.5 Å². The number of rotatable bonds is 6. The van der Waals surface area contributed by atoms with Crippen LogP contribution >= 0.6 is 0 Å². The quantitative estimate of drug-likeness (QED) is 0.491. The summed E-state index contributed by atoms with van der Waals surface area (Å²) in [5.74, 6) is 0.768. The summed E-state index contributed by atoms with van der Waals surface area (Å²) in [6.45, 7) is 3.47. The van der Waals surface area contributed by atoms with Crippen LogP contribution in [0.25, 0.3) is 0 Å². The minimum atomic E-state index is 0.188. The smallest absolute Gasteiger partial charge is 0.123 e. The van der Waals surface area contributed by atoms with Gasteiger partial charge in [-0.2, -0.15) is 0 Å². The van der Waals surface area contributed by atoms with Gasteiger partial charge in [-0.25, -0.2) is 0 Å². The van der Waals surface area contributed by atoms with Crippen LogP contribution in [0, 0.1) is 0 Å². The second kappa shape index (κ2) is 6.14. The molecule has 0 fully saturated rings. The second-order valence-corrected chi connectivity index (χ2v) is 3.23. The number of ether oxygens (including phenoxy) is 1. The maximum absolute atomic E-state index is 8.65. The van der Waals surface area contributed by atoms with Crippen LogP contribution in [0.4, 0.5) is 11.4 Å². The monoisotopic (exact) mass is 210 g/mol. The van der Waals surface area contributed by atoms with Gasteiger partial charge < -0.3 is 20.9 Å². The highest BCUT2D eigenvalue weighted by Crippen LogP contribution is 2.22. The normalized spacial score (nSPS) is 10.0. The Morgan fingerprint density at radius 1 is 1.40 bits per heavy atom. The summed E-state index contributed by atoms with van der Waals surface area (Å²) in [6, 6.07) is 5.54. The Hall–Kier alpha value is -1.42. The highest BCUT2D eigenvalue weighted by Gasteiger charge is 1.98. The molecule has 4 nitrogen and oxygen atoms in total. The zero-order chi connectivity index (χ0) is 11.1. The van der Waals surface area contributed by atoms with E-state index in [4.69, 9.17) is 15.6 Å². The van der Waals surface area contributed by atoms with Crippen molar-refractivity contribution in [3.63, 3.8) is 0 Å². The molecule has 1 aromatic carbocycles. The molecule has 0 radical (unpaired) electrons. The van der Waals surface area contributed by atoms with Gasteiger partial charge in [0, 0.05) is 36.7 Å². The summed E-state index contributed by atoms with van der Waals surface area (Å²) >= 11 is 0. The molecule has 0 aromatic heterocycles. The van der Waals surface area contributed by atoms with E-state index >= 15 is 0 Å². The van der Waals surface area contributed by atoms with E-state index in [1.807, 2.05) is 19.1 Å². The van der Waals surface area contributed by atoms with E-state index in [2.05, 4.69) is 5.32 Å². The number of aliphatic hydroxyl groups is 1. The van der Waals surface area contributed by atoms with Gasteiger partial charge in [0.25, 0.3) is 0 Å². The molecule has 4 heteroatoms. The van der Waals surface area contributed by atoms with Gasteiger partial charge in [-0.3, -0.25) is 0 Å². The molecule has 0 heterocycles. The maximum atomic E-state index is 8.65. The zero-order valence-electron chi connectivity index (χ0n) is 8.99. The molecule has 4 N–H and O–H groups in total. The third-order valence-electron chi connectivity index (χ3n) is 1.90. The molecule has 15 heavy (non-hydrogen) atoms. The van der Waals surface area contributed by atoms with Crippen molar-refractivity contribution < 1.29 is 9.84 Å². The van der Waals surface area contributed by atoms with Gasteiger partial charge in [-0.15, -0.1) is 0 Å². The molecule has 0 unspecified atom stereocenters. The van der Waals surface area contributed by atoms with Crippen LogP contribution in [-0.4, -0.2) is 24.9 Å². The van der Waals surface area contributed by atoms with Crippen molar-refractivity contribution in [3.05, 3.63) is 18.2 Å². The van der Waals surface area contributed by atoms with Crippen molar-refractivity contribution in [1.29, 1.82) is 0 Å². The van der Waals surface area contributed by atoms with Crippen molar-refractivity contribution >= 4 is 11.4 Å². The molecule has 0 aliphatic heterocycles. The van der Waals surface area contributed by atoms with Gasteiger partial charge in [0.2, 0.25) is 0 Å². The van der Waals surface area contributed by atoms with Crippen LogP contribution in [0.3, 0.4) is 0 Å². The first-order valence-electron chi connectivity index (χ1n) is 5.14. The lowest BCUT2D eigenvalue weighted by Gasteiger charge is -2.09. The van der Waals surface area contributed by atoms with Crippen LogP contribution in [0.15, 0.2) is 18.2 Å². The third kappa shape index (κ3) is 4.08. The fourth-order valence-electron chi connectivity index (χ4n) is 1.29. The van der Waals surface area contributed by atoms with Crippen LogP contribution in [-0.2, 0) is 0 Å². The lowest BCUT2D eigenvalue weighted by molar-refractivity contribution is 0.292. The fourth-order valence-corrected chi connectivity index (χ4v) is 1.29. The number of aliphatic hydroxyl groups excluding tert-OH is 1. The average Bonchev–Trinajstić information content (AvgIpc) is 2.18. The molecule has 0 spiro atoms. The molecular weight excluding hydrogens is 192 g/mol. The fraction of sp³-hybridized carbons (Fsp3) is 0.455. The van der Waals surface area contributed by atoms with Gasteiger partial charge in [0.15, 0.2) is 0 Å². The number of hydrogen-bond donors (Lipinski definition) is 3. The Labute approximate surface area is 90.1 Å². The SMILES string of the molecule is CCOc1cc(N)cc(NCCCO)c1. The molecule has 1 rings (SSSR count). The number of nitrogens with two attached hydrogens (primary N) is 1. The summed E-state index contributed by atoms with van der Waals surface area (Å²) in [5, 5.41) is 11.8. The van der Waals surface area contributed by atoms with E-state index in [1.165, 1.54) is 0 Å². The Morgan fingerprint density at radius 3 is 2.87 bits per heavy atom. The second-order valence-electron chi connectivity index (χ2n) is 3.23. The molecule has 0 saturated carbocycles.